The first-order valence-electron chi connectivity index (χ1n) is 8.64. The second-order valence-corrected chi connectivity index (χ2v) is 5.85. The van der Waals surface area contributed by atoms with Gasteiger partial charge >= 0.3 is 0 Å². The average molecular weight is 307 g/mol. The molecule has 4 heteroatoms. The number of benzene rings is 1. The fourth-order valence-electron chi connectivity index (χ4n) is 2.68. The molecule has 0 aromatic heterocycles. The van der Waals surface area contributed by atoms with Crippen LogP contribution in [0.15, 0.2) is 24.3 Å². The second-order valence-electron chi connectivity index (χ2n) is 5.85. The Morgan fingerprint density at radius 3 is 2.05 bits per heavy atom. The molecular formula is C18H29NO3. The zero-order chi connectivity index (χ0) is 16.0. The molecule has 0 aliphatic heterocycles. The smallest absolute Gasteiger partial charge is 0.276 e. The van der Waals surface area contributed by atoms with Crippen molar-refractivity contribution >= 4 is 0 Å². The molecule has 0 atom stereocenters. The molecule has 22 heavy (non-hydrogen) atoms. The molecular weight excluding hydrogens is 278 g/mol. The van der Waals surface area contributed by atoms with Crippen molar-refractivity contribution in [2.45, 2.75) is 77.6 Å². The van der Waals surface area contributed by atoms with Crippen LogP contribution in [0.25, 0.3) is 0 Å². The maximum Gasteiger partial charge on any atom is 0.299 e. The molecule has 0 saturated carbocycles. The lowest BCUT2D eigenvalue weighted by molar-refractivity contribution is -0.711. The molecule has 0 unspecified atom stereocenters. The van der Waals surface area contributed by atoms with Crippen molar-refractivity contribution in [3.63, 3.8) is 0 Å². The molecule has 124 valence electrons. The Bertz CT molecular complexity index is 421. The maximum absolute atomic E-state index is 10.4. The molecule has 0 aliphatic carbocycles. The van der Waals surface area contributed by atoms with Gasteiger partial charge in [-0.15, -0.1) is 10.1 Å². The van der Waals surface area contributed by atoms with Crippen LogP contribution in [0.1, 0.15) is 76.7 Å². The minimum absolute atomic E-state index is 0.378. The van der Waals surface area contributed by atoms with E-state index in [4.69, 9.17) is 0 Å². The molecule has 0 spiro atoms. The third-order valence-electron chi connectivity index (χ3n) is 3.95. The topological polar surface area (TPSA) is 52.4 Å². The van der Waals surface area contributed by atoms with E-state index in [2.05, 4.69) is 11.8 Å². The van der Waals surface area contributed by atoms with Crippen LogP contribution in [-0.2, 0) is 6.42 Å². The molecule has 0 amide bonds. The van der Waals surface area contributed by atoms with Crippen molar-refractivity contribution in [3.05, 3.63) is 39.9 Å². The van der Waals surface area contributed by atoms with Crippen LogP contribution in [-0.4, -0.2) is 5.09 Å². The first kappa shape index (κ1) is 18.5. The van der Waals surface area contributed by atoms with Gasteiger partial charge in [-0.3, -0.25) is 4.84 Å². The number of rotatable bonds is 13. The van der Waals surface area contributed by atoms with E-state index < -0.39 is 5.09 Å². The zero-order valence-electron chi connectivity index (χ0n) is 13.8. The normalized spacial score (nSPS) is 10.6. The number of hydrogen-bond donors (Lipinski definition) is 0. The Kier molecular flexibility index (Phi) is 10.1. The van der Waals surface area contributed by atoms with Crippen molar-refractivity contribution < 1.29 is 9.92 Å². The van der Waals surface area contributed by atoms with Gasteiger partial charge in [0.25, 0.3) is 5.09 Å². The minimum Gasteiger partial charge on any atom is -0.276 e. The number of para-hydroxylation sites is 1. The number of hydrogen-bond acceptors (Lipinski definition) is 3. The maximum atomic E-state index is 10.4. The van der Waals surface area contributed by atoms with E-state index in [1.807, 2.05) is 12.1 Å². The molecule has 0 radical (unpaired) electrons. The summed E-state index contributed by atoms with van der Waals surface area (Å²) < 4.78 is 0. The van der Waals surface area contributed by atoms with E-state index in [1.54, 1.807) is 12.1 Å². The summed E-state index contributed by atoms with van der Waals surface area (Å²) in [5.74, 6) is 0.378. The third-order valence-corrected chi connectivity index (χ3v) is 3.95. The summed E-state index contributed by atoms with van der Waals surface area (Å²) in [6.45, 7) is 2.24. The summed E-state index contributed by atoms with van der Waals surface area (Å²) >= 11 is 0. The highest BCUT2D eigenvalue weighted by atomic mass is 17.0. The lowest BCUT2D eigenvalue weighted by atomic mass is 10.0. The van der Waals surface area contributed by atoms with Gasteiger partial charge in [0.1, 0.15) is 5.75 Å². The Labute approximate surface area is 134 Å². The van der Waals surface area contributed by atoms with Crippen molar-refractivity contribution in [1.82, 2.24) is 0 Å². The fourth-order valence-corrected chi connectivity index (χ4v) is 2.68. The van der Waals surface area contributed by atoms with Gasteiger partial charge in [0, 0.05) is 0 Å². The molecule has 4 nitrogen and oxygen atoms in total. The molecule has 1 aromatic carbocycles. The summed E-state index contributed by atoms with van der Waals surface area (Å²) in [5, 5.41) is 9.71. The van der Waals surface area contributed by atoms with Crippen LogP contribution in [0.2, 0.25) is 0 Å². The van der Waals surface area contributed by atoms with Crippen LogP contribution < -0.4 is 4.84 Å². The lowest BCUT2D eigenvalue weighted by Gasteiger charge is -2.07. The van der Waals surface area contributed by atoms with E-state index in [1.165, 1.54) is 57.8 Å². The van der Waals surface area contributed by atoms with Gasteiger partial charge in [-0.2, -0.15) is 0 Å². The van der Waals surface area contributed by atoms with Gasteiger partial charge in [0.15, 0.2) is 0 Å². The monoisotopic (exact) mass is 307 g/mol. The van der Waals surface area contributed by atoms with Crippen molar-refractivity contribution in [1.29, 1.82) is 0 Å². The van der Waals surface area contributed by atoms with E-state index >= 15 is 0 Å². The van der Waals surface area contributed by atoms with Crippen molar-refractivity contribution in [2.24, 2.45) is 0 Å². The Morgan fingerprint density at radius 2 is 1.45 bits per heavy atom. The Hall–Kier alpha value is -1.58. The standard InChI is InChI=1S/C18H29NO3/c1-2-3-4-5-6-7-8-9-10-11-14-17-15-12-13-16-18(17)22-19(20)21/h12-13,15-16H,2-11,14H2,1H3. The summed E-state index contributed by atoms with van der Waals surface area (Å²) in [6, 6.07) is 7.24. The molecule has 0 saturated heterocycles. The zero-order valence-corrected chi connectivity index (χ0v) is 13.8. The van der Waals surface area contributed by atoms with Crippen LogP contribution in [0.3, 0.4) is 0 Å². The van der Waals surface area contributed by atoms with Gasteiger partial charge in [-0.25, -0.2) is 0 Å². The summed E-state index contributed by atoms with van der Waals surface area (Å²) in [4.78, 5) is 15.1. The second kappa shape index (κ2) is 12.0. The Morgan fingerprint density at radius 1 is 0.909 bits per heavy atom. The molecule has 0 heterocycles. The van der Waals surface area contributed by atoms with E-state index in [9.17, 15) is 10.1 Å². The molecule has 0 aliphatic rings. The molecule has 0 fully saturated rings. The first-order chi connectivity index (χ1) is 10.7. The van der Waals surface area contributed by atoms with Gasteiger partial charge in [-0.1, -0.05) is 82.9 Å². The predicted octanol–water partition coefficient (Wildman–Crippen LogP) is 5.72. The largest absolute Gasteiger partial charge is 0.299 e. The lowest BCUT2D eigenvalue weighted by Crippen LogP contribution is -2.05. The van der Waals surface area contributed by atoms with Gasteiger partial charge in [0.2, 0.25) is 0 Å². The molecule has 0 bridgehead atoms. The molecule has 1 aromatic rings. The highest BCUT2D eigenvalue weighted by Gasteiger charge is 2.05. The number of aryl methyl sites for hydroxylation is 1. The van der Waals surface area contributed by atoms with Gasteiger partial charge in [-0.05, 0) is 24.5 Å². The number of nitrogens with zero attached hydrogens (tertiary/aromatic N) is 1. The van der Waals surface area contributed by atoms with Gasteiger partial charge in [0.05, 0.1) is 0 Å². The highest BCUT2D eigenvalue weighted by molar-refractivity contribution is 5.32. The summed E-state index contributed by atoms with van der Waals surface area (Å²) in [7, 11) is 0. The summed E-state index contributed by atoms with van der Waals surface area (Å²) in [6.07, 6.45) is 13.8. The molecule has 0 N–H and O–H groups in total. The van der Waals surface area contributed by atoms with Crippen molar-refractivity contribution in [3.8, 4) is 5.75 Å². The minimum atomic E-state index is -0.739. The van der Waals surface area contributed by atoms with E-state index in [-0.39, 0.29) is 0 Å². The van der Waals surface area contributed by atoms with Crippen molar-refractivity contribution in [2.75, 3.05) is 0 Å². The van der Waals surface area contributed by atoms with E-state index in [0.29, 0.717) is 5.75 Å². The molecule has 1 rings (SSSR count). The highest BCUT2D eigenvalue weighted by Crippen LogP contribution is 2.21. The van der Waals surface area contributed by atoms with Crippen LogP contribution in [0.4, 0.5) is 0 Å². The van der Waals surface area contributed by atoms with Crippen LogP contribution in [0.5, 0.6) is 5.75 Å². The van der Waals surface area contributed by atoms with Crippen LogP contribution in [0, 0.1) is 10.1 Å². The Balaban J connectivity index is 2.08. The van der Waals surface area contributed by atoms with Gasteiger partial charge < -0.3 is 0 Å². The van der Waals surface area contributed by atoms with E-state index in [0.717, 1.165) is 18.4 Å². The first-order valence-corrected chi connectivity index (χ1v) is 8.64. The van der Waals surface area contributed by atoms with Crippen LogP contribution >= 0.6 is 0 Å². The summed E-state index contributed by atoms with van der Waals surface area (Å²) in [5.41, 5.74) is 0.929. The SMILES string of the molecule is CCCCCCCCCCCCc1ccccc1O[N+](=O)[O-]. The third kappa shape index (κ3) is 8.65. The quantitative estimate of drug-likeness (QED) is 0.266. The fraction of sp³-hybridized carbons (Fsp3) is 0.667. The predicted molar refractivity (Wildman–Crippen MR) is 89.6 cm³/mol. The number of unbranched alkanes of at least 4 members (excludes halogenated alkanes) is 9. The average Bonchev–Trinajstić information content (AvgIpc) is 2.50.